The number of hydrogen-bond donors (Lipinski definition) is 1. The van der Waals surface area contributed by atoms with Crippen LogP contribution in [0.2, 0.25) is 0 Å². The fourth-order valence-electron chi connectivity index (χ4n) is 2.85. The van der Waals surface area contributed by atoms with Gasteiger partial charge in [-0.15, -0.1) is 0 Å². The molecule has 0 bridgehead atoms. The molecule has 0 radical (unpaired) electrons. The molecule has 6 nitrogen and oxygen atoms in total. The van der Waals surface area contributed by atoms with Gasteiger partial charge in [-0.3, -0.25) is 9.78 Å². The minimum atomic E-state index is -0.179. The molecule has 1 N–H and O–H groups in total. The number of nitrogens with one attached hydrogen (secondary N) is 1. The van der Waals surface area contributed by atoms with Crippen molar-refractivity contribution in [1.82, 2.24) is 10.3 Å². The molecule has 0 aliphatic heterocycles. The van der Waals surface area contributed by atoms with E-state index in [1.807, 2.05) is 42.5 Å². The SMILES string of the molecule is COc1ccc(OC)c(/C=C/C(=O)NCCCOc2cccc3cccnc23)c1. The van der Waals surface area contributed by atoms with E-state index in [2.05, 4.69) is 10.3 Å². The molecule has 29 heavy (non-hydrogen) atoms. The lowest BCUT2D eigenvalue weighted by atomic mass is 10.1. The van der Waals surface area contributed by atoms with Crippen LogP contribution in [0.3, 0.4) is 0 Å². The van der Waals surface area contributed by atoms with Crippen LogP contribution >= 0.6 is 0 Å². The van der Waals surface area contributed by atoms with Gasteiger partial charge in [-0.1, -0.05) is 18.2 Å². The topological polar surface area (TPSA) is 69.7 Å². The zero-order valence-corrected chi connectivity index (χ0v) is 16.6. The first-order chi connectivity index (χ1) is 14.2. The summed E-state index contributed by atoms with van der Waals surface area (Å²) >= 11 is 0. The van der Waals surface area contributed by atoms with E-state index in [9.17, 15) is 4.79 Å². The van der Waals surface area contributed by atoms with Crippen molar-refractivity contribution < 1.29 is 19.0 Å². The van der Waals surface area contributed by atoms with Crippen molar-refractivity contribution in [2.75, 3.05) is 27.4 Å². The van der Waals surface area contributed by atoms with Gasteiger partial charge in [-0.2, -0.15) is 0 Å². The summed E-state index contributed by atoms with van der Waals surface area (Å²) in [7, 11) is 3.18. The van der Waals surface area contributed by atoms with E-state index >= 15 is 0 Å². The molecular weight excluding hydrogens is 368 g/mol. The summed E-state index contributed by atoms with van der Waals surface area (Å²) in [6, 6.07) is 15.2. The third kappa shape index (κ3) is 5.48. The molecule has 0 fully saturated rings. The second kappa shape index (κ2) is 10.1. The number of carbonyl (C=O) groups excluding carboxylic acids is 1. The molecule has 0 aliphatic carbocycles. The van der Waals surface area contributed by atoms with Crippen LogP contribution in [-0.4, -0.2) is 38.3 Å². The Morgan fingerprint density at radius 2 is 1.93 bits per heavy atom. The molecule has 1 amide bonds. The second-order valence-electron chi connectivity index (χ2n) is 6.27. The maximum atomic E-state index is 12.1. The van der Waals surface area contributed by atoms with Gasteiger partial charge in [0.05, 0.1) is 20.8 Å². The third-order valence-electron chi connectivity index (χ3n) is 4.32. The number of para-hydroxylation sites is 1. The molecule has 2 aromatic carbocycles. The Kier molecular flexibility index (Phi) is 7.05. The Labute approximate surface area is 170 Å². The zero-order valence-electron chi connectivity index (χ0n) is 16.6. The second-order valence-corrected chi connectivity index (χ2v) is 6.27. The van der Waals surface area contributed by atoms with E-state index in [0.717, 1.165) is 22.2 Å². The third-order valence-corrected chi connectivity index (χ3v) is 4.32. The Bertz CT molecular complexity index is 996. The monoisotopic (exact) mass is 392 g/mol. The highest BCUT2D eigenvalue weighted by Gasteiger charge is 2.04. The van der Waals surface area contributed by atoms with Crippen LogP contribution in [0.1, 0.15) is 12.0 Å². The van der Waals surface area contributed by atoms with Crippen LogP contribution in [0, 0.1) is 0 Å². The molecule has 1 aromatic heterocycles. The van der Waals surface area contributed by atoms with E-state index in [4.69, 9.17) is 14.2 Å². The van der Waals surface area contributed by atoms with Crippen LogP contribution in [0.4, 0.5) is 0 Å². The normalized spacial score (nSPS) is 10.8. The average molecular weight is 392 g/mol. The van der Waals surface area contributed by atoms with Crippen molar-refractivity contribution in [3.05, 3.63) is 66.4 Å². The van der Waals surface area contributed by atoms with E-state index in [0.29, 0.717) is 31.1 Å². The molecule has 3 rings (SSSR count). The van der Waals surface area contributed by atoms with Crippen molar-refractivity contribution >= 4 is 22.9 Å². The number of pyridine rings is 1. The molecule has 0 saturated heterocycles. The summed E-state index contributed by atoms with van der Waals surface area (Å²) in [5.41, 5.74) is 1.61. The highest BCUT2D eigenvalue weighted by atomic mass is 16.5. The van der Waals surface area contributed by atoms with Crippen LogP contribution in [-0.2, 0) is 4.79 Å². The molecule has 0 saturated carbocycles. The van der Waals surface area contributed by atoms with Crippen molar-refractivity contribution in [1.29, 1.82) is 0 Å². The number of nitrogens with zero attached hydrogens (tertiary/aromatic N) is 1. The number of fused-ring (bicyclic) bond motifs is 1. The number of hydrogen-bond acceptors (Lipinski definition) is 5. The van der Waals surface area contributed by atoms with Gasteiger partial charge >= 0.3 is 0 Å². The lowest BCUT2D eigenvalue weighted by molar-refractivity contribution is -0.116. The standard InChI is InChI=1S/C23H24N2O4/c1-27-19-10-11-20(28-2)18(16-19)9-12-22(26)24-14-5-15-29-21-8-3-6-17-7-4-13-25-23(17)21/h3-4,6-13,16H,5,14-15H2,1-2H3,(H,24,26)/b12-9+. The average Bonchev–Trinajstić information content (AvgIpc) is 2.77. The maximum Gasteiger partial charge on any atom is 0.244 e. The Morgan fingerprint density at radius 3 is 2.76 bits per heavy atom. The van der Waals surface area contributed by atoms with Gasteiger partial charge in [-0.05, 0) is 42.8 Å². The molecular formula is C23H24N2O4. The summed E-state index contributed by atoms with van der Waals surface area (Å²) in [6.07, 6.45) is 5.62. The van der Waals surface area contributed by atoms with Gasteiger partial charge in [0.15, 0.2) is 0 Å². The number of rotatable bonds is 9. The van der Waals surface area contributed by atoms with E-state index in [1.165, 1.54) is 6.08 Å². The molecule has 3 aromatic rings. The van der Waals surface area contributed by atoms with E-state index in [1.54, 1.807) is 32.6 Å². The molecule has 6 heteroatoms. The molecule has 0 spiro atoms. The van der Waals surface area contributed by atoms with Crippen LogP contribution < -0.4 is 19.5 Å². The van der Waals surface area contributed by atoms with E-state index < -0.39 is 0 Å². The lowest BCUT2D eigenvalue weighted by Gasteiger charge is -2.09. The van der Waals surface area contributed by atoms with Gasteiger partial charge < -0.3 is 19.5 Å². The van der Waals surface area contributed by atoms with Gasteiger partial charge in [0.25, 0.3) is 0 Å². The molecule has 0 unspecified atom stereocenters. The number of ether oxygens (including phenoxy) is 3. The summed E-state index contributed by atoms with van der Waals surface area (Å²) in [6.45, 7) is 1.00. The van der Waals surface area contributed by atoms with E-state index in [-0.39, 0.29) is 5.91 Å². The number of carbonyl (C=O) groups is 1. The predicted octanol–water partition coefficient (Wildman–Crippen LogP) is 3.85. The fourth-order valence-corrected chi connectivity index (χ4v) is 2.85. The minimum absolute atomic E-state index is 0.179. The summed E-state index contributed by atoms with van der Waals surface area (Å²) in [4.78, 5) is 16.4. The van der Waals surface area contributed by atoms with Crippen LogP contribution in [0.25, 0.3) is 17.0 Å². The van der Waals surface area contributed by atoms with Crippen molar-refractivity contribution in [3.63, 3.8) is 0 Å². The molecule has 0 atom stereocenters. The quantitative estimate of drug-likeness (QED) is 0.442. The van der Waals surface area contributed by atoms with Gasteiger partial charge in [-0.25, -0.2) is 0 Å². The first-order valence-electron chi connectivity index (χ1n) is 9.36. The highest BCUT2D eigenvalue weighted by Crippen LogP contribution is 2.25. The summed E-state index contributed by atoms with van der Waals surface area (Å²) in [5.74, 6) is 1.94. The van der Waals surface area contributed by atoms with Crippen LogP contribution in [0.5, 0.6) is 17.2 Å². The zero-order chi connectivity index (χ0) is 20.5. The largest absolute Gasteiger partial charge is 0.497 e. The Hall–Kier alpha value is -3.54. The first kappa shape index (κ1) is 20.2. The molecule has 0 aliphatic rings. The van der Waals surface area contributed by atoms with Crippen molar-refractivity contribution in [3.8, 4) is 17.2 Å². The number of aromatic nitrogens is 1. The summed E-state index contributed by atoms with van der Waals surface area (Å²) in [5, 5.41) is 3.89. The maximum absolute atomic E-state index is 12.1. The van der Waals surface area contributed by atoms with Crippen LogP contribution in [0.15, 0.2) is 60.8 Å². The fraction of sp³-hybridized carbons (Fsp3) is 0.217. The van der Waals surface area contributed by atoms with Crippen molar-refractivity contribution in [2.45, 2.75) is 6.42 Å². The minimum Gasteiger partial charge on any atom is -0.497 e. The number of methoxy groups -OCH3 is 2. The Balaban J connectivity index is 1.46. The first-order valence-corrected chi connectivity index (χ1v) is 9.36. The van der Waals surface area contributed by atoms with Gasteiger partial charge in [0.2, 0.25) is 5.91 Å². The molecule has 150 valence electrons. The number of benzene rings is 2. The van der Waals surface area contributed by atoms with Gasteiger partial charge in [0, 0.05) is 29.8 Å². The predicted molar refractivity (Wildman–Crippen MR) is 113 cm³/mol. The highest BCUT2D eigenvalue weighted by molar-refractivity contribution is 5.92. The molecule has 1 heterocycles. The van der Waals surface area contributed by atoms with Gasteiger partial charge in [0.1, 0.15) is 22.8 Å². The summed E-state index contributed by atoms with van der Waals surface area (Å²) < 4.78 is 16.3. The number of amides is 1. The smallest absolute Gasteiger partial charge is 0.244 e. The lowest BCUT2D eigenvalue weighted by Crippen LogP contribution is -2.23. The van der Waals surface area contributed by atoms with Crippen molar-refractivity contribution in [2.24, 2.45) is 0 Å². The Morgan fingerprint density at radius 1 is 1.07 bits per heavy atom.